The van der Waals surface area contributed by atoms with Crippen molar-refractivity contribution in [1.82, 2.24) is 4.57 Å². The zero-order valence-electron chi connectivity index (χ0n) is 13.5. The molecule has 0 amide bonds. The van der Waals surface area contributed by atoms with E-state index < -0.39 is 0 Å². The van der Waals surface area contributed by atoms with Crippen molar-refractivity contribution in [3.63, 3.8) is 0 Å². The summed E-state index contributed by atoms with van der Waals surface area (Å²) in [6.45, 7) is 4.09. The molecule has 116 valence electrons. The Bertz CT molecular complexity index is 847. The van der Waals surface area contributed by atoms with Gasteiger partial charge >= 0.3 is 5.97 Å². The molecule has 23 heavy (non-hydrogen) atoms. The van der Waals surface area contributed by atoms with E-state index in [1.54, 1.807) is 0 Å². The second-order valence-corrected chi connectivity index (χ2v) is 5.55. The van der Waals surface area contributed by atoms with Crippen molar-refractivity contribution < 1.29 is 9.53 Å². The van der Waals surface area contributed by atoms with Crippen LogP contribution in [0, 0.1) is 13.8 Å². The van der Waals surface area contributed by atoms with Gasteiger partial charge in [0.25, 0.3) is 0 Å². The van der Waals surface area contributed by atoms with Crippen molar-refractivity contribution in [3.05, 3.63) is 77.5 Å². The molecule has 2 aromatic carbocycles. The van der Waals surface area contributed by atoms with Gasteiger partial charge in [-0.25, -0.2) is 4.79 Å². The topological polar surface area (TPSA) is 31.2 Å². The van der Waals surface area contributed by atoms with Crippen LogP contribution < -0.4 is 0 Å². The van der Waals surface area contributed by atoms with Crippen LogP contribution in [0.3, 0.4) is 0 Å². The molecule has 1 heterocycles. The van der Waals surface area contributed by atoms with Crippen LogP contribution in [0.4, 0.5) is 0 Å². The molecule has 0 saturated carbocycles. The summed E-state index contributed by atoms with van der Waals surface area (Å²) in [4.78, 5) is 11.7. The molecule has 0 aliphatic heterocycles. The number of carbonyl (C=O) groups excluding carboxylic acids is 1. The molecule has 3 heteroatoms. The highest BCUT2D eigenvalue weighted by atomic mass is 16.5. The highest BCUT2D eigenvalue weighted by Crippen LogP contribution is 2.28. The summed E-state index contributed by atoms with van der Waals surface area (Å²) < 4.78 is 7.01. The molecular weight excluding hydrogens is 286 g/mol. The molecule has 0 bridgehead atoms. The van der Waals surface area contributed by atoms with Gasteiger partial charge in [-0.15, -0.1) is 0 Å². The van der Waals surface area contributed by atoms with E-state index in [1.165, 1.54) is 7.11 Å². The predicted molar refractivity (Wildman–Crippen MR) is 92.0 cm³/mol. The van der Waals surface area contributed by atoms with Gasteiger partial charge < -0.3 is 9.30 Å². The number of aryl methyl sites for hydroxylation is 2. The van der Waals surface area contributed by atoms with Crippen LogP contribution in [0.2, 0.25) is 0 Å². The first-order valence-corrected chi connectivity index (χ1v) is 7.55. The molecule has 0 aliphatic carbocycles. The van der Waals surface area contributed by atoms with Gasteiger partial charge in [0.05, 0.1) is 18.4 Å². The number of methoxy groups -OCH3 is 1. The molecule has 0 N–H and O–H groups in total. The first-order chi connectivity index (χ1) is 11.1. The lowest BCUT2D eigenvalue weighted by Crippen LogP contribution is -2.05. The van der Waals surface area contributed by atoms with Crippen molar-refractivity contribution in [2.45, 2.75) is 13.8 Å². The fourth-order valence-corrected chi connectivity index (χ4v) is 2.84. The summed E-state index contributed by atoms with van der Waals surface area (Å²) in [7, 11) is 1.40. The van der Waals surface area contributed by atoms with E-state index in [9.17, 15) is 4.79 Å². The summed E-state index contributed by atoms with van der Waals surface area (Å²) in [5, 5.41) is 0. The number of esters is 1. The van der Waals surface area contributed by atoms with Crippen LogP contribution in [-0.2, 0) is 4.74 Å². The highest BCUT2D eigenvalue weighted by molar-refractivity contribution is 5.90. The third-order valence-corrected chi connectivity index (χ3v) is 4.00. The molecule has 0 atom stereocenters. The zero-order valence-corrected chi connectivity index (χ0v) is 13.5. The van der Waals surface area contributed by atoms with Gasteiger partial charge in [-0.1, -0.05) is 30.3 Å². The molecule has 3 nitrogen and oxygen atoms in total. The summed E-state index contributed by atoms with van der Waals surface area (Å²) >= 11 is 0. The van der Waals surface area contributed by atoms with Gasteiger partial charge in [0.2, 0.25) is 0 Å². The van der Waals surface area contributed by atoms with Crippen LogP contribution in [0.25, 0.3) is 16.9 Å². The van der Waals surface area contributed by atoms with E-state index in [0.717, 1.165) is 28.2 Å². The van der Waals surface area contributed by atoms with Crippen molar-refractivity contribution in [2.24, 2.45) is 0 Å². The molecule has 0 unspecified atom stereocenters. The Morgan fingerprint density at radius 2 is 1.70 bits per heavy atom. The first-order valence-electron chi connectivity index (χ1n) is 7.55. The summed E-state index contributed by atoms with van der Waals surface area (Å²) in [6.07, 6.45) is 0. The Balaban J connectivity index is 2.13. The number of carbonyl (C=O) groups is 1. The Morgan fingerprint density at radius 3 is 2.35 bits per heavy atom. The Kier molecular flexibility index (Phi) is 4.02. The lowest BCUT2D eigenvalue weighted by molar-refractivity contribution is 0.0600. The molecule has 1 aromatic heterocycles. The molecule has 3 aromatic rings. The number of hydrogen-bond donors (Lipinski definition) is 0. The van der Waals surface area contributed by atoms with Gasteiger partial charge in [0, 0.05) is 11.4 Å². The van der Waals surface area contributed by atoms with Gasteiger partial charge in [-0.2, -0.15) is 0 Å². The van der Waals surface area contributed by atoms with Crippen LogP contribution in [0.15, 0.2) is 60.7 Å². The Labute approximate surface area is 136 Å². The number of aromatic nitrogens is 1. The Morgan fingerprint density at radius 1 is 0.957 bits per heavy atom. The van der Waals surface area contributed by atoms with Gasteiger partial charge in [-0.05, 0) is 55.3 Å². The average Bonchev–Trinajstić information content (AvgIpc) is 2.96. The number of nitrogens with zero attached hydrogens (tertiary/aromatic N) is 1. The van der Waals surface area contributed by atoms with Crippen molar-refractivity contribution >= 4 is 5.97 Å². The predicted octanol–water partition coefficient (Wildman–Crippen LogP) is 4.55. The molecule has 0 spiro atoms. The van der Waals surface area contributed by atoms with Gasteiger partial charge in [-0.3, -0.25) is 0 Å². The molecule has 0 radical (unpaired) electrons. The Hall–Kier alpha value is -2.81. The van der Waals surface area contributed by atoms with E-state index in [4.69, 9.17) is 4.74 Å². The minimum absolute atomic E-state index is 0.313. The minimum atomic E-state index is -0.313. The number of benzene rings is 2. The van der Waals surface area contributed by atoms with Crippen molar-refractivity contribution in [2.75, 3.05) is 7.11 Å². The smallest absolute Gasteiger partial charge is 0.337 e. The maximum absolute atomic E-state index is 11.7. The minimum Gasteiger partial charge on any atom is -0.465 e. The van der Waals surface area contributed by atoms with Crippen molar-refractivity contribution in [3.8, 4) is 16.9 Å². The summed E-state index contributed by atoms with van der Waals surface area (Å²) in [5.74, 6) is -0.313. The number of hydrogen-bond acceptors (Lipinski definition) is 2. The lowest BCUT2D eigenvalue weighted by atomic mass is 10.1. The highest BCUT2D eigenvalue weighted by Gasteiger charge is 2.13. The molecule has 0 fully saturated rings. The zero-order chi connectivity index (χ0) is 16.4. The van der Waals surface area contributed by atoms with Crippen LogP contribution in [0.1, 0.15) is 21.6 Å². The third kappa shape index (κ3) is 2.78. The fourth-order valence-electron chi connectivity index (χ4n) is 2.84. The second-order valence-electron chi connectivity index (χ2n) is 5.55. The normalized spacial score (nSPS) is 10.6. The maximum Gasteiger partial charge on any atom is 0.337 e. The monoisotopic (exact) mass is 305 g/mol. The van der Waals surface area contributed by atoms with Crippen LogP contribution in [-0.4, -0.2) is 17.6 Å². The quantitative estimate of drug-likeness (QED) is 0.665. The largest absolute Gasteiger partial charge is 0.465 e. The van der Waals surface area contributed by atoms with E-state index in [2.05, 4.69) is 35.8 Å². The third-order valence-electron chi connectivity index (χ3n) is 4.00. The standard InChI is InChI=1S/C20H19NO2/c1-14-13-17(20(22)23-3)10-12-18(14)21-15(2)9-11-19(21)16-7-5-4-6-8-16/h4-13H,1-3H3. The fraction of sp³-hybridized carbons (Fsp3) is 0.150. The molecular formula is C20H19NO2. The van der Waals surface area contributed by atoms with Crippen LogP contribution in [0.5, 0.6) is 0 Å². The number of rotatable bonds is 3. The van der Waals surface area contributed by atoms with E-state index >= 15 is 0 Å². The van der Waals surface area contributed by atoms with Gasteiger partial charge in [0.15, 0.2) is 0 Å². The summed E-state index contributed by atoms with van der Waals surface area (Å²) in [5.41, 5.74) is 6.12. The maximum atomic E-state index is 11.7. The first kappa shape index (κ1) is 15.1. The molecule has 3 rings (SSSR count). The van der Waals surface area contributed by atoms with E-state index in [0.29, 0.717) is 5.56 Å². The average molecular weight is 305 g/mol. The second kappa shape index (κ2) is 6.13. The lowest BCUT2D eigenvalue weighted by Gasteiger charge is -2.15. The van der Waals surface area contributed by atoms with Crippen molar-refractivity contribution in [1.29, 1.82) is 0 Å². The van der Waals surface area contributed by atoms with Crippen LogP contribution >= 0.6 is 0 Å². The van der Waals surface area contributed by atoms with E-state index in [-0.39, 0.29) is 5.97 Å². The number of ether oxygens (including phenoxy) is 1. The molecule has 0 aliphatic rings. The SMILES string of the molecule is COC(=O)c1ccc(-n2c(C)ccc2-c2ccccc2)c(C)c1. The summed E-state index contributed by atoms with van der Waals surface area (Å²) in [6, 6.07) is 20.2. The van der Waals surface area contributed by atoms with E-state index in [1.807, 2.05) is 43.3 Å². The molecule has 0 saturated heterocycles. The van der Waals surface area contributed by atoms with Gasteiger partial charge in [0.1, 0.15) is 0 Å².